The number of aromatic nitrogens is 3. The standard InChI is InChI=1S/C12H6BrCl2N3.C2H6/c13-8-6-16-18-11(15)5-10(17-12(8)18)7-3-1-2-4-9(7)14;1-2/h1-6H;1-2H3. The molecule has 0 fully saturated rings. The Kier molecular flexibility index (Phi) is 5.02. The van der Waals surface area contributed by atoms with Crippen LogP contribution in [-0.4, -0.2) is 14.6 Å². The minimum Gasteiger partial charge on any atom is -0.227 e. The van der Waals surface area contributed by atoms with Crippen molar-refractivity contribution in [1.29, 1.82) is 0 Å². The molecule has 3 rings (SSSR count). The summed E-state index contributed by atoms with van der Waals surface area (Å²) in [5.74, 6) is 0. The van der Waals surface area contributed by atoms with E-state index in [0.29, 0.717) is 15.8 Å². The summed E-state index contributed by atoms with van der Waals surface area (Å²) in [6.07, 6.45) is 1.66. The van der Waals surface area contributed by atoms with E-state index in [0.717, 1.165) is 15.7 Å². The number of halogens is 3. The van der Waals surface area contributed by atoms with E-state index < -0.39 is 0 Å². The lowest BCUT2D eigenvalue weighted by Crippen LogP contribution is -1.94. The molecule has 0 aliphatic heterocycles. The molecule has 0 unspecified atom stereocenters. The van der Waals surface area contributed by atoms with E-state index in [-0.39, 0.29) is 0 Å². The first-order chi connectivity index (χ1) is 9.66. The first-order valence-electron chi connectivity index (χ1n) is 6.11. The van der Waals surface area contributed by atoms with Gasteiger partial charge in [-0.2, -0.15) is 5.10 Å². The lowest BCUT2D eigenvalue weighted by molar-refractivity contribution is 0.942. The van der Waals surface area contributed by atoms with Crippen molar-refractivity contribution in [2.75, 3.05) is 0 Å². The Morgan fingerprint density at radius 3 is 2.55 bits per heavy atom. The van der Waals surface area contributed by atoms with Crippen LogP contribution in [-0.2, 0) is 0 Å². The zero-order valence-electron chi connectivity index (χ0n) is 10.9. The summed E-state index contributed by atoms with van der Waals surface area (Å²) in [6.45, 7) is 4.00. The molecule has 3 nitrogen and oxygen atoms in total. The Labute approximate surface area is 135 Å². The van der Waals surface area contributed by atoms with Gasteiger partial charge in [0.05, 0.1) is 16.4 Å². The van der Waals surface area contributed by atoms with Crippen LogP contribution in [0.1, 0.15) is 13.8 Å². The van der Waals surface area contributed by atoms with Gasteiger partial charge in [-0.15, -0.1) is 0 Å². The molecule has 0 aliphatic rings. The smallest absolute Gasteiger partial charge is 0.171 e. The molecule has 104 valence electrons. The van der Waals surface area contributed by atoms with Crippen LogP contribution in [0, 0.1) is 0 Å². The summed E-state index contributed by atoms with van der Waals surface area (Å²) in [5, 5.41) is 5.24. The Morgan fingerprint density at radius 2 is 1.85 bits per heavy atom. The van der Waals surface area contributed by atoms with Crippen LogP contribution in [0.4, 0.5) is 0 Å². The van der Waals surface area contributed by atoms with Gasteiger partial charge in [-0.1, -0.05) is 55.2 Å². The highest BCUT2D eigenvalue weighted by Crippen LogP contribution is 2.29. The quantitative estimate of drug-likeness (QED) is 0.528. The van der Waals surface area contributed by atoms with Gasteiger partial charge in [-0.05, 0) is 22.0 Å². The molecule has 0 spiro atoms. The molecule has 0 atom stereocenters. The van der Waals surface area contributed by atoms with Crippen molar-refractivity contribution in [3.8, 4) is 11.3 Å². The number of nitrogens with zero attached hydrogens (tertiary/aromatic N) is 3. The molecule has 1 aromatic carbocycles. The van der Waals surface area contributed by atoms with Crippen LogP contribution in [0.5, 0.6) is 0 Å². The second-order valence-corrected chi connectivity index (χ2v) is 5.32. The molecule has 2 aromatic heterocycles. The minimum absolute atomic E-state index is 0.487. The van der Waals surface area contributed by atoms with Crippen molar-refractivity contribution >= 4 is 44.8 Å². The van der Waals surface area contributed by atoms with Gasteiger partial charge in [0.25, 0.3) is 0 Å². The molecule has 0 aliphatic carbocycles. The third-order valence-corrected chi connectivity index (χ3v) is 3.69. The fourth-order valence-electron chi connectivity index (χ4n) is 1.71. The van der Waals surface area contributed by atoms with Crippen molar-refractivity contribution in [1.82, 2.24) is 14.6 Å². The molecule has 0 saturated carbocycles. The Morgan fingerprint density at radius 1 is 1.15 bits per heavy atom. The normalized spacial score (nSPS) is 10.2. The summed E-state index contributed by atoms with van der Waals surface area (Å²) in [6, 6.07) is 9.26. The first-order valence-corrected chi connectivity index (χ1v) is 7.66. The SMILES string of the molecule is CC.Clc1ccccc1-c1cc(Cl)n2ncc(Br)c2n1. The zero-order valence-corrected chi connectivity index (χ0v) is 14.0. The van der Waals surface area contributed by atoms with E-state index in [1.807, 2.05) is 38.1 Å². The van der Waals surface area contributed by atoms with E-state index >= 15 is 0 Å². The molecule has 2 heterocycles. The van der Waals surface area contributed by atoms with Crippen LogP contribution < -0.4 is 0 Å². The van der Waals surface area contributed by atoms with Crippen LogP contribution in [0.2, 0.25) is 10.2 Å². The van der Waals surface area contributed by atoms with Gasteiger partial charge in [-0.3, -0.25) is 0 Å². The van der Waals surface area contributed by atoms with Gasteiger partial charge < -0.3 is 0 Å². The number of rotatable bonds is 1. The van der Waals surface area contributed by atoms with E-state index in [1.165, 1.54) is 0 Å². The Balaban J connectivity index is 0.000000704. The lowest BCUT2D eigenvalue weighted by atomic mass is 10.1. The monoisotopic (exact) mass is 371 g/mol. The predicted octanol–water partition coefficient (Wildman–Crippen LogP) is 5.49. The van der Waals surface area contributed by atoms with Crippen molar-refractivity contribution in [2.24, 2.45) is 0 Å². The average molecular weight is 373 g/mol. The molecule has 3 aromatic rings. The zero-order chi connectivity index (χ0) is 14.7. The predicted molar refractivity (Wildman–Crippen MR) is 87.5 cm³/mol. The van der Waals surface area contributed by atoms with Gasteiger partial charge in [0.15, 0.2) is 5.65 Å². The highest BCUT2D eigenvalue weighted by molar-refractivity contribution is 9.10. The van der Waals surface area contributed by atoms with Crippen molar-refractivity contribution in [3.05, 3.63) is 51.2 Å². The number of hydrogen-bond acceptors (Lipinski definition) is 2. The summed E-state index contributed by atoms with van der Waals surface area (Å²) in [4.78, 5) is 4.51. The summed E-state index contributed by atoms with van der Waals surface area (Å²) in [5.41, 5.74) is 2.23. The molecular weight excluding hydrogens is 361 g/mol. The number of hydrogen-bond donors (Lipinski definition) is 0. The molecule has 6 heteroatoms. The number of benzene rings is 1. The summed E-state index contributed by atoms with van der Waals surface area (Å²) >= 11 is 15.7. The van der Waals surface area contributed by atoms with Crippen LogP contribution in [0.15, 0.2) is 41.0 Å². The molecule has 0 saturated heterocycles. The maximum atomic E-state index is 6.17. The Bertz CT molecular complexity index is 740. The minimum atomic E-state index is 0.487. The molecule has 0 N–H and O–H groups in total. The molecule has 0 radical (unpaired) electrons. The fraction of sp³-hybridized carbons (Fsp3) is 0.143. The van der Waals surface area contributed by atoms with E-state index in [9.17, 15) is 0 Å². The summed E-state index contributed by atoms with van der Waals surface area (Å²) in [7, 11) is 0. The second kappa shape index (κ2) is 6.57. The van der Waals surface area contributed by atoms with Gasteiger partial charge in [0.1, 0.15) is 5.15 Å². The Hall–Kier alpha value is -1.10. The first kappa shape index (κ1) is 15.3. The third-order valence-electron chi connectivity index (χ3n) is 2.54. The second-order valence-electron chi connectivity index (χ2n) is 3.67. The van der Waals surface area contributed by atoms with Gasteiger partial charge in [0.2, 0.25) is 0 Å². The van der Waals surface area contributed by atoms with E-state index in [4.69, 9.17) is 23.2 Å². The van der Waals surface area contributed by atoms with Crippen molar-refractivity contribution < 1.29 is 0 Å². The maximum absolute atomic E-state index is 6.17. The highest BCUT2D eigenvalue weighted by atomic mass is 79.9. The van der Waals surface area contributed by atoms with Crippen LogP contribution in [0.25, 0.3) is 16.9 Å². The highest BCUT2D eigenvalue weighted by Gasteiger charge is 2.11. The fourth-order valence-corrected chi connectivity index (χ4v) is 2.51. The topological polar surface area (TPSA) is 30.2 Å². The lowest BCUT2D eigenvalue weighted by Gasteiger charge is -2.05. The van der Waals surface area contributed by atoms with E-state index in [2.05, 4.69) is 26.0 Å². The van der Waals surface area contributed by atoms with Gasteiger partial charge in [0, 0.05) is 16.7 Å². The van der Waals surface area contributed by atoms with E-state index in [1.54, 1.807) is 16.8 Å². The third kappa shape index (κ3) is 2.82. The summed E-state index contributed by atoms with van der Waals surface area (Å²) < 4.78 is 2.35. The molecule has 0 amide bonds. The van der Waals surface area contributed by atoms with Gasteiger partial charge >= 0.3 is 0 Å². The largest absolute Gasteiger partial charge is 0.227 e. The van der Waals surface area contributed by atoms with Crippen molar-refractivity contribution in [3.63, 3.8) is 0 Å². The molecule has 20 heavy (non-hydrogen) atoms. The molecular formula is C14H12BrCl2N3. The van der Waals surface area contributed by atoms with Crippen LogP contribution >= 0.6 is 39.1 Å². The van der Waals surface area contributed by atoms with Crippen molar-refractivity contribution in [2.45, 2.75) is 13.8 Å². The number of fused-ring (bicyclic) bond motifs is 1. The average Bonchev–Trinajstić information content (AvgIpc) is 2.84. The maximum Gasteiger partial charge on any atom is 0.171 e. The molecule has 0 bridgehead atoms. The van der Waals surface area contributed by atoms with Crippen LogP contribution in [0.3, 0.4) is 0 Å². The van der Waals surface area contributed by atoms with Gasteiger partial charge in [-0.25, -0.2) is 9.50 Å².